The summed E-state index contributed by atoms with van der Waals surface area (Å²) >= 11 is 0. The van der Waals surface area contributed by atoms with Crippen molar-refractivity contribution in [3.8, 4) is 11.1 Å². The van der Waals surface area contributed by atoms with Gasteiger partial charge in [0.25, 0.3) is 5.91 Å². The van der Waals surface area contributed by atoms with E-state index in [1.54, 1.807) is 24.5 Å². The Kier molecular flexibility index (Phi) is 4.09. The van der Waals surface area contributed by atoms with Gasteiger partial charge in [-0.1, -0.05) is 12.1 Å². The molecule has 1 aromatic heterocycles. The van der Waals surface area contributed by atoms with Crippen LogP contribution in [0.1, 0.15) is 16.8 Å². The third-order valence-electron chi connectivity index (χ3n) is 2.60. The Morgan fingerprint density at radius 3 is 2.67 bits per heavy atom. The first kappa shape index (κ1) is 12.3. The van der Waals surface area contributed by atoms with Crippen molar-refractivity contribution in [3.63, 3.8) is 0 Å². The Hall–Kier alpha value is -2.14. The number of hydrogen-bond acceptors (Lipinski definition) is 3. The fourth-order valence-corrected chi connectivity index (χ4v) is 1.61. The Labute approximate surface area is 105 Å². The molecule has 0 bridgehead atoms. The fraction of sp³-hybridized carbons (Fsp3) is 0.231. The number of nitrogens with zero attached hydrogens (tertiary/aromatic N) is 1. The highest BCUT2D eigenvalue weighted by Gasteiger charge is 2.05. The topological polar surface area (TPSA) is 78.0 Å². The Balaban J connectivity index is 2.01. The van der Waals surface area contributed by atoms with E-state index in [9.17, 15) is 4.79 Å². The van der Waals surface area contributed by atoms with Crippen LogP contribution in [0.4, 0.5) is 0 Å². The Morgan fingerprint density at radius 2 is 2.06 bits per heavy atom. The predicted molar refractivity (Wildman–Crippen MR) is 68.1 cm³/mol. The van der Waals surface area contributed by atoms with Gasteiger partial charge in [-0.25, -0.2) is 0 Å². The van der Waals surface area contributed by atoms with Gasteiger partial charge in [0.15, 0.2) is 0 Å². The zero-order valence-corrected chi connectivity index (χ0v) is 9.89. The number of aliphatic hydroxyl groups is 1. The van der Waals surface area contributed by atoms with Gasteiger partial charge in [0.1, 0.15) is 0 Å². The van der Waals surface area contributed by atoms with Gasteiger partial charge in [0.2, 0.25) is 0 Å². The predicted octanol–water partition coefficient (Wildman–Crippen LogP) is 1.19. The van der Waals surface area contributed by atoms with E-state index in [4.69, 9.17) is 5.11 Å². The number of aromatic nitrogens is 2. The van der Waals surface area contributed by atoms with E-state index in [-0.39, 0.29) is 12.5 Å². The highest BCUT2D eigenvalue weighted by Crippen LogP contribution is 2.17. The molecule has 0 aliphatic rings. The average molecular weight is 245 g/mol. The lowest BCUT2D eigenvalue weighted by Crippen LogP contribution is -2.24. The van der Waals surface area contributed by atoms with Gasteiger partial charge in [-0.3, -0.25) is 9.89 Å². The van der Waals surface area contributed by atoms with Gasteiger partial charge in [-0.05, 0) is 24.1 Å². The number of aliphatic hydroxyl groups excluding tert-OH is 1. The van der Waals surface area contributed by atoms with Crippen LogP contribution >= 0.6 is 0 Å². The van der Waals surface area contributed by atoms with Gasteiger partial charge in [-0.2, -0.15) is 5.10 Å². The minimum atomic E-state index is -0.123. The molecule has 0 spiro atoms. The highest BCUT2D eigenvalue weighted by atomic mass is 16.3. The van der Waals surface area contributed by atoms with Crippen molar-refractivity contribution >= 4 is 5.91 Å². The number of benzene rings is 1. The number of carbonyl (C=O) groups excluding carboxylic acids is 1. The van der Waals surface area contributed by atoms with Crippen molar-refractivity contribution < 1.29 is 9.90 Å². The monoisotopic (exact) mass is 245 g/mol. The smallest absolute Gasteiger partial charge is 0.251 e. The number of rotatable bonds is 5. The van der Waals surface area contributed by atoms with Crippen LogP contribution < -0.4 is 5.32 Å². The first-order valence-corrected chi connectivity index (χ1v) is 5.79. The normalized spacial score (nSPS) is 10.3. The summed E-state index contributed by atoms with van der Waals surface area (Å²) in [5.41, 5.74) is 2.61. The molecule has 1 aromatic carbocycles. The summed E-state index contributed by atoms with van der Waals surface area (Å²) in [5.74, 6) is -0.123. The van der Waals surface area contributed by atoms with Gasteiger partial charge in [0.05, 0.1) is 6.20 Å². The molecule has 1 amide bonds. The van der Waals surface area contributed by atoms with Crippen LogP contribution in [-0.4, -0.2) is 34.4 Å². The number of H-pyrrole nitrogens is 1. The van der Waals surface area contributed by atoms with E-state index in [0.717, 1.165) is 11.1 Å². The molecule has 5 nitrogen and oxygen atoms in total. The molecule has 0 atom stereocenters. The highest BCUT2D eigenvalue weighted by molar-refractivity contribution is 5.94. The minimum Gasteiger partial charge on any atom is -0.396 e. The van der Waals surface area contributed by atoms with Crippen LogP contribution in [-0.2, 0) is 0 Å². The molecule has 3 N–H and O–H groups in total. The molecule has 0 fully saturated rings. The van der Waals surface area contributed by atoms with E-state index in [1.807, 2.05) is 12.1 Å². The SMILES string of the molecule is O=C(NCCCO)c1ccc(-c2cn[nH]c2)cc1. The van der Waals surface area contributed by atoms with Crippen LogP contribution in [0.5, 0.6) is 0 Å². The van der Waals surface area contributed by atoms with Gasteiger partial charge in [0, 0.05) is 30.5 Å². The Bertz CT molecular complexity index is 491. The summed E-state index contributed by atoms with van der Waals surface area (Å²) in [6.07, 6.45) is 4.10. The fourth-order valence-electron chi connectivity index (χ4n) is 1.61. The van der Waals surface area contributed by atoms with Gasteiger partial charge < -0.3 is 10.4 Å². The molecule has 1 heterocycles. The molecule has 0 radical (unpaired) electrons. The quantitative estimate of drug-likeness (QED) is 0.692. The molecule has 94 valence electrons. The molecule has 0 aliphatic heterocycles. The summed E-state index contributed by atoms with van der Waals surface area (Å²) in [4.78, 5) is 11.7. The van der Waals surface area contributed by atoms with Crippen molar-refractivity contribution in [2.24, 2.45) is 0 Å². The maximum Gasteiger partial charge on any atom is 0.251 e. The van der Waals surface area contributed by atoms with Crippen molar-refractivity contribution in [2.45, 2.75) is 6.42 Å². The summed E-state index contributed by atoms with van der Waals surface area (Å²) in [6, 6.07) is 7.31. The second-order valence-electron chi connectivity index (χ2n) is 3.90. The zero-order chi connectivity index (χ0) is 12.8. The third kappa shape index (κ3) is 2.95. The van der Waals surface area contributed by atoms with Crippen LogP contribution in [0.25, 0.3) is 11.1 Å². The summed E-state index contributed by atoms with van der Waals surface area (Å²) in [6.45, 7) is 0.568. The number of amides is 1. The van der Waals surface area contributed by atoms with Gasteiger partial charge in [-0.15, -0.1) is 0 Å². The largest absolute Gasteiger partial charge is 0.396 e. The molecule has 2 rings (SSSR count). The molecular formula is C13H15N3O2. The molecule has 18 heavy (non-hydrogen) atoms. The van der Waals surface area contributed by atoms with Crippen LogP contribution in [0, 0.1) is 0 Å². The van der Waals surface area contributed by atoms with Crippen molar-refractivity contribution in [3.05, 3.63) is 42.2 Å². The lowest BCUT2D eigenvalue weighted by Gasteiger charge is -2.04. The van der Waals surface area contributed by atoms with Crippen molar-refractivity contribution in [1.29, 1.82) is 0 Å². The molecule has 0 unspecified atom stereocenters. The van der Waals surface area contributed by atoms with Crippen molar-refractivity contribution in [1.82, 2.24) is 15.5 Å². The first-order valence-electron chi connectivity index (χ1n) is 5.79. The molecule has 2 aromatic rings. The van der Waals surface area contributed by atoms with E-state index in [2.05, 4.69) is 15.5 Å². The maximum absolute atomic E-state index is 11.7. The Morgan fingerprint density at radius 1 is 1.28 bits per heavy atom. The second-order valence-corrected chi connectivity index (χ2v) is 3.90. The summed E-state index contributed by atoms with van der Waals surface area (Å²) in [7, 11) is 0. The molecular weight excluding hydrogens is 230 g/mol. The van der Waals surface area contributed by atoms with Crippen molar-refractivity contribution in [2.75, 3.05) is 13.2 Å². The maximum atomic E-state index is 11.7. The van der Waals surface area contributed by atoms with Crippen LogP contribution in [0.15, 0.2) is 36.7 Å². The third-order valence-corrected chi connectivity index (χ3v) is 2.60. The molecule has 0 saturated heterocycles. The standard InChI is InChI=1S/C13H15N3O2/c17-7-1-6-14-13(18)11-4-2-10(3-5-11)12-8-15-16-9-12/h2-5,8-9,17H,1,6-7H2,(H,14,18)(H,15,16). The van der Waals surface area contributed by atoms with E-state index >= 15 is 0 Å². The van der Waals surface area contributed by atoms with Crippen LogP contribution in [0.3, 0.4) is 0 Å². The van der Waals surface area contributed by atoms with Crippen LogP contribution in [0.2, 0.25) is 0 Å². The van der Waals surface area contributed by atoms with E-state index in [1.165, 1.54) is 0 Å². The summed E-state index contributed by atoms with van der Waals surface area (Å²) < 4.78 is 0. The molecule has 0 aliphatic carbocycles. The molecule has 0 saturated carbocycles. The van der Waals surface area contributed by atoms with E-state index < -0.39 is 0 Å². The number of carbonyl (C=O) groups is 1. The van der Waals surface area contributed by atoms with E-state index in [0.29, 0.717) is 18.5 Å². The number of hydrogen-bond donors (Lipinski definition) is 3. The molecule has 5 heteroatoms. The minimum absolute atomic E-state index is 0.0830. The second kappa shape index (κ2) is 5.97. The van der Waals surface area contributed by atoms with Gasteiger partial charge >= 0.3 is 0 Å². The average Bonchev–Trinajstić information content (AvgIpc) is 2.93. The summed E-state index contributed by atoms with van der Waals surface area (Å²) in [5, 5.41) is 18.0. The first-order chi connectivity index (χ1) is 8.81. The lowest BCUT2D eigenvalue weighted by atomic mass is 10.1. The number of nitrogens with one attached hydrogen (secondary N) is 2. The zero-order valence-electron chi connectivity index (χ0n) is 9.89. The lowest BCUT2D eigenvalue weighted by molar-refractivity contribution is 0.0951. The number of aromatic amines is 1.